The van der Waals surface area contributed by atoms with E-state index in [1.807, 2.05) is 48.5 Å². The number of benzene rings is 3. The highest BCUT2D eigenvalue weighted by atomic mass is 32.1. The summed E-state index contributed by atoms with van der Waals surface area (Å²) in [6.07, 6.45) is 0. The third kappa shape index (κ3) is 2.88. The van der Waals surface area contributed by atoms with Crippen molar-refractivity contribution in [3.8, 4) is 22.6 Å². The molecule has 1 aliphatic rings. The molecule has 3 aromatic carbocycles. The number of hydrogen-bond acceptors (Lipinski definition) is 5. The second kappa shape index (κ2) is 6.55. The molecule has 0 amide bonds. The first-order chi connectivity index (χ1) is 13.3. The number of ether oxygens (including phenoxy) is 2. The van der Waals surface area contributed by atoms with Gasteiger partial charge in [0.05, 0.1) is 10.4 Å². The molecule has 0 bridgehead atoms. The molecule has 0 spiro atoms. The minimum absolute atomic E-state index is 0.328. The van der Waals surface area contributed by atoms with E-state index in [9.17, 15) is 0 Å². The summed E-state index contributed by atoms with van der Waals surface area (Å²) in [5.41, 5.74) is 1.62. The van der Waals surface area contributed by atoms with Crippen molar-refractivity contribution >= 4 is 33.1 Å². The molecule has 0 aliphatic carbocycles. The Bertz CT molecular complexity index is 1140. The fourth-order valence-electron chi connectivity index (χ4n) is 3.17. The van der Waals surface area contributed by atoms with Gasteiger partial charge in [-0.3, -0.25) is 0 Å². The Balaban J connectivity index is 1.53. The van der Waals surface area contributed by atoms with E-state index in [1.54, 1.807) is 12.1 Å². The Kier molecular flexibility index (Phi) is 3.90. The van der Waals surface area contributed by atoms with E-state index < -0.39 is 0 Å². The van der Waals surface area contributed by atoms with E-state index in [0.717, 1.165) is 15.6 Å². The molecular formula is C21H15FN2O2S. The topological polar surface area (TPSA) is 43.4 Å². The lowest BCUT2D eigenvalue weighted by atomic mass is 10.0. The predicted molar refractivity (Wildman–Crippen MR) is 106 cm³/mol. The minimum atomic E-state index is -0.328. The number of nitrogens with one attached hydrogen (secondary N) is 1. The number of hydrogen-bond donors (Lipinski definition) is 1. The molecule has 0 atom stereocenters. The molecule has 0 saturated carbocycles. The van der Waals surface area contributed by atoms with Crippen LogP contribution in [0.15, 0.2) is 60.7 Å². The monoisotopic (exact) mass is 378 g/mol. The Labute approximate surface area is 159 Å². The van der Waals surface area contributed by atoms with Gasteiger partial charge in [-0.15, -0.1) is 0 Å². The SMILES string of the molecule is Fc1c(Nc2nsc3ccccc23)cccc1-c1ccc2c(c1)OCCO2. The average molecular weight is 378 g/mol. The van der Waals surface area contributed by atoms with Crippen LogP contribution in [0.25, 0.3) is 21.2 Å². The van der Waals surface area contributed by atoms with Crippen molar-refractivity contribution in [1.82, 2.24) is 4.37 Å². The number of rotatable bonds is 3. The van der Waals surface area contributed by atoms with Crippen LogP contribution in [0.5, 0.6) is 11.5 Å². The number of fused-ring (bicyclic) bond motifs is 2. The molecule has 1 aliphatic heterocycles. The van der Waals surface area contributed by atoms with Gasteiger partial charge in [0.1, 0.15) is 13.2 Å². The van der Waals surface area contributed by atoms with Gasteiger partial charge in [0.2, 0.25) is 0 Å². The molecule has 0 radical (unpaired) electrons. The average Bonchev–Trinajstić information content (AvgIpc) is 3.12. The Morgan fingerprint density at radius 3 is 2.70 bits per heavy atom. The highest BCUT2D eigenvalue weighted by molar-refractivity contribution is 7.13. The van der Waals surface area contributed by atoms with Crippen LogP contribution in [-0.4, -0.2) is 17.6 Å². The van der Waals surface area contributed by atoms with E-state index in [-0.39, 0.29) is 5.82 Å². The minimum Gasteiger partial charge on any atom is -0.486 e. The zero-order valence-corrected chi connectivity index (χ0v) is 15.1. The molecule has 1 aromatic heterocycles. The van der Waals surface area contributed by atoms with Crippen molar-refractivity contribution in [3.05, 3.63) is 66.5 Å². The van der Waals surface area contributed by atoms with Crippen LogP contribution in [0.1, 0.15) is 0 Å². The summed E-state index contributed by atoms with van der Waals surface area (Å²) in [5, 5.41) is 4.11. The first kappa shape index (κ1) is 16.1. The summed E-state index contributed by atoms with van der Waals surface area (Å²) in [6, 6.07) is 18.7. The van der Waals surface area contributed by atoms with Crippen molar-refractivity contribution in [2.24, 2.45) is 0 Å². The van der Waals surface area contributed by atoms with Gasteiger partial charge in [0, 0.05) is 10.9 Å². The summed E-state index contributed by atoms with van der Waals surface area (Å²) < 4.78 is 31.9. The van der Waals surface area contributed by atoms with Crippen molar-refractivity contribution < 1.29 is 13.9 Å². The van der Waals surface area contributed by atoms with Gasteiger partial charge < -0.3 is 14.8 Å². The maximum absolute atomic E-state index is 15.2. The van der Waals surface area contributed by atoms with Gasteiger partial charge in [-0.2, -0.15) is 4.37 Å². The van der Waals surface area contributed by atoms with Crippen LogP contribution >= 0.6 is 11.5 Å². The van der Waals surface area contributed by atoms with E-state index in [2.05, 4.69) is 9.69 Å². The van der Waals surface area contributed by atoms with Crippen LogP contribution in [0.3, 0.4) is 0 Å². The zero-order valence-electron chi connectivity index (χ0n) is 14.2. The lowest BCUT2D eigenvalue weighted by molar-refractivity contribution is 0.171. The van der Waals surface area contributed by atoms with Crippen LogP contribution in [0.4, 0.5) is 15.9 Å². The molecular weight excluding hydrogens is 363 g/mol. The smallest absolute Gasteiger partial charge is 0.161 e. The largest absolute Gasteiger partial charge is 0.486 e. The van der Waals surface area contributed by atoms with Crippen LogP contribution in [0, 0.1) is 5.82 Å². The standard InChI is InChI=1S/C21H15FN2O2S/c22-20-14(13-8-9-17-18(12-13)26-11-10-25-17)5-3-6-16(20)23-21-15-4-1-2-7-19(15)27-24-21/h1-9,12H,10-11H2,(H,23,24). The van der Waals surface area contributed by atoms with E-state index in [1.165, 1.54) is 11.5 Å². The van der Waals surface area contributed by atoms with E-state index in [0.29, 0.717) is 41.8 Å². The summed E-state index contributed by atoms with van der Waals surface area (Å²) in [5.74, 6) is 1.66. The summed E-state index contributed by atoms with van der Waals surface area (Å²) in [7, 11) is 0. The third-order valence-electron chi connectivity index (χ3n) is 4.48. The maximum atomic E-state index is 15.2. The number of anilines is 2. The molecule has 5 rings (SSSR count). The molecule has 0 unspecified atom stereocenters. The van der Waals surface area contributed by atoms with Gasteiger partial charge in [-0.25, -0.2) is 4.39 Å². The molecule has 6 heteroatoms. The van der Waals surface area contributed by atoms with Gasteiger partial charge >= 0.3 is 0 Å². The summed E-state index contributed by atoms with van der Waals surface area (Å²) in [6.45, 7) is 1.03. The van der Waals surface area contributed by atoms with E-state index >= 15 is 4.39 Å². The molecule has 0 fully saturated rings. The van der Waals surface area contributed by atoms with Crippen molar-refractivity contribution in [2.45, 2.75) is 0 Å². The molecule has 134 valence electrons. The number of aromatic nitrogens is 1. The van der Waals surface area contributed by atoms with Crippen LogP contribution < -0.4 is 14.8 Å². The van der Waals surface area contributed by atoms with Gasteiger partial charge in [0.15, 0.2) is 23.1 Å². The van der Waals surface area contributed by atoms with Crippen molar-refractivity contribution in [1.29, 1.82) is 0 Å². The molecule has 2 heterocycles. The Morgan fingerprint density at radius 1 is 0.926 bits per heavy atom. The number of halogens is 1. The quantitative estimate of drug-likeness (QED) is 0.503. The Hall–Kier alpha value is -3.12. The first-order valence-electron chi connectivity index (χ1n) is 8.59. The first-order valence-corrected chi connectivity index (χ1v) is 9.37. The molecule has 4 nitrogen and oxygen atoms in total. The van der Waals surface area contributed by atoms with Crippen LogP contribution in [0.2, 0.25) is 0 Å². The fourth-order valence-corrected chi connectivity index (χ4v) is 3.90. The molecule has 0 saturated heterocycles. The summed E-state index contributed by atoms with van der Waals surface area (Å²) in [4.78, 5) is 0. The molecule has 1 N–H and O–H groups in total. The van der Waals surface area contributed by atoms with E-state index in [4.69, 9.17) is 9.47 Å². The number of nitrogens with zero attached hydrogens (tertiary/aromatic N) is 1. The van der Waals surface area contributed by atoms with Gasteiger partial charge in [0.25, 0.3) is 0 Å². The lowest BCUT2D eigenvalue weighted by Gasteiger charge is -2.19. The highest BCUT2D eigenvalue weighted by Crippen LogP contribution is 2.37. The van der Waals surface area contributed by atoms with Crippen LogP contribution in [-0.2, 0) is 0 Å². The maximum Gasteiger partial charge on any atom is 0.161 e. The van der Waals surface area contributed by atoms with Gasteiger partial charge in [-0.05, 0) is 47.4 Å². The fraction of sp³-hybridized carbons (Fsp3) is 0.0952. The third-order valence-corrected chi connectivity index (χ3v) is 5.31. The van der Waals surface area contributed by atoms with Crippen molar-refractivity contribution in [3.63, 3.8) is 0 Å². The van der Waals surface area contributed by atoms with Crippen molar-refractivity contribution in [2.75, 3.05) is 18.5 Å². The lowest BCUT2D eigenvalue weighted by Crippen LogP contribution is -2.15. The molecule has 27 heavy (non-hydrogen) atoms. The second-order valence-electron chi connectivity index (χ2n) is 6.18. The summed E-state index contributed by atoms with van der Waals surface area (Å²) >= 11 is 1.39. The highest BCUT2D eigenvalue weighted by Gasteiger charge is 2.16. The van der Waals surface area contributed by atoms with Gasteiger partial charge in [-0.1, -0.05) is 30.3 Å². The predicted octanol–water partition coefficient (Wildman–Crippen LogP) is 5.62. The zero-order chi connectivity index (χ0) is 18.2. The Morgan fingerprint density at radius 2 is 1.78 bits per heavy atom. The molecule has 4 aromatic rings. The second-order valence-corrected chi connectivity index (χ2v) is 6.98. The normalized spacial score (nSPS) is 12.9.